The predicted octanol–water partition coefficient (Wildman–Crippen LogP) is 4.93. The van der Waals surface area contributed by atoms with Crippen molar-refractivity contribution in [3.8, 4) is 0 Å². The molecule has 48 heavy (non-hydrogen) atoms. The Bertz CT molecular complexity index is 1100. The van der Waals surface area contributed by atoms with Crippen LogP contribution >= 0.6 is 0 Å². The fourth-order valence-corrected chi connectivity index (χ4v) is 3.65. The van der Waals surface area contributed by atoms with E-state index >= 15 is 0 Å². The van der Waals surface area contributed by atoms with Crippen molar-refractivity contribution in [2.75, 3.05) is 39.4 Å². The summed E-state index contributed by atoms with van der Waals surface area (Å²) in [6.07, 6.45) is -0.446. The Kier molecular flexibility index (Phi) is 21.3. The minimum atomic E-state index is -0.806. The SMILES string of the molecule is CCOC(=O)C(C)N(CCCNC(=O)OC(C)(C)C)C(=O)OCc1ccccc1.CCOC(=O)C(C)NCCCNC(=O)OC(C)(C)C. The molecule has 0 aliphatic rings. The van der Waals surface area contributed by atoms with Crippen LogP contribution in [0.4, 0.5) is 14.4 Å². The molecule has 0 saturated carbocycles. The molecule has 2 unspecified atom stereocenters. The van der Waals surface area contributed by atoms with Crippen molar-refractivity contribution in [2.45, 2.75) is 112 Å². The number of hydrogen-bond acceptors (Lipinski definition) is 11. The maximum atomic E-state index is 12.6. The zero-order valence-electron chi connectivity index (χ0n) is 30.4. The van der Waals surface area contributed by atoms with E-state index in [2.05, 4.69) is 16.0 Å². The van der Waals surface area contributed by atoms with E-state index in [0.717, 1.165) is 5.56 Å². The van der Waals surface area contributed by atoms with Gasteiger partial charge in [-0.1, -0.05) is 30.3 Å². The van der Waals surface area contributed by atoms with Crippen LogP contribution in [0.3, 0.4) is 0 Å². The van der Waals surface area contributed by atoms with Crippen molar-refractivity contribution in [3.63, 3.8) is 0 Å². The molecule has 0 aliphatic carbocycles. The van der Waals surface area contributed by atoms with Crippen molar-refractivity contribution in [3.05, 3.63) is 35.9 Å². The molecule has 3 amide bonds. The molecule has 14 nitrogen and oxygen atoms in total. The van der Waals surface area contributed by atoms with Gasteiger partial charge >= 0.3 is 30.2 Å². The van der Waals surface area contributed by atoms with Gasteiger partial charge in [-0.05, 0) is 94.2 Å². The van der Waals surface area contributed by atoms with Gasteiger partial charge in [0, 0.05) is 19.6 Å². The number of rotatable bonds is 16. The number of carbonyl (C=O) groups is 5. The molecular formula is C34H58N4O10. The third-order valence-corrected chi connectivity index (χ3v) is 5.89. The molecule has 2 atom stereocenters. The van der Waals surface area contributed by atoms with Crippen LogP contribution in [0.5, 0.6) is 0 Å². The Morgan fingerprint density at radius 1 is 0.708 bits per heavy atom. The van der Waals surface area contributed by atoms with Crippen LogP contribution in [0.1, 0.15) is 87.6 Å². The number of amides is 3. The van der Waals surface area contributed by atoms with E-state index in [1.54, 1.807) is 48.5 Å². The second-order valence-electron chi connectivity index (χ2n) is 12.7. The number of ether oxygens (including phenoxy) is 5. The largest absolute Gasteiger partial charge is 0.465 e. The Morgan fingerprint density at radius 3 is 1.71 bits per heavy atom. The van der Waals surface area contributed by atoms with E-state index in [-0.39, 0.29) is 38.3 Å². The summed E-state index contributed by atoms with van der Waals surface area (Å²) in [6, 6.07) is 8.13. The van der Waals surface area contributed by atoms with Crippen LogP contribution in [-0.4, -0.2) is 97.8 Å². The molecule has 0 saturated heterocycles. The highest BCUT2D eigenvalue weighted by Gasteiger charge is 2.28. The molecule has 1 aromatic carbocycles. The quantitative estimate of drug-likeness (QED) is 0.123. The first-order valence-electron chi connectivity index (χ1n) is 16.4. The van der Waals surface area contributed by atoms with Crippen molar-refractivity contribution in [1.29, 1.82) is 0 Å². The summed E-state index contributed by atoms with van der Waals surface area (Å²) in [6.45, 7) is 19.9. The summed E-state index contributed by atoms with van der Waals surface area (Å²) >= 11 is 0. The first-order chi connectivity index (χ1) is 22.4. The van der Waals surface area contributed by atoms with Gasteiger partial charge in [-0.25, -0.2) is 19.2 Å². The lowest BCUT2D eigenvalue weighted by molar-refractivity contribution is -0.148. The minimum Gasteiger partial charge on any atom is -0.465 e. The summed E-state index contributed by atoms with van der Waals surface area (Å²) in [5.41, 5.74) is -0.229. The number of alkyl carbamates (subject to hydrolysis) is 2. The molecule has 0 spiro atoms. The molecule has 0 aromatic heterocycles. The van der Waals surface area contributed by atoms with Crippen molar-refractivity contribution >= 4 is 30.2 Å². The summed E-state index contributed by atoms with van der Waals surface area (Å²) in [7, 11) is 0. The fraction of sp³-hybridized carbons (Fsp3) is 0.676. The molecular weight excluding hydrogens is 624 g/mol. The average molecular weight is 683 g/mol. The van der Waals surface area contributed by atoms with E-state index in [0.29, 0.717) is 32.5 Å². The van der Waals surface area contributed by atoms with E-state index in [4.69, 9.17) is 23.7 Å². The second-order valence-corrected chi connectivity index (χ2v) is 12.7. The van der Waals surface area contributed by atoms with Gasteiger partial charge in [0.05, 0.1) is 13.2 Å². The van der Waals surface area contributed by atoms with Gasteiger partial charge in [0.15, 0.2) is 0 Å². The molecule has 274 valence electrons. The van der Waals surface area contributed by atoms with Gasteiger partial charge in [-0.2, -0.15) is 0 Å². The second kappa shape index (κ2) is 23.3. The lowest BCUT2D eigenvalue weighted by atomic mass is 10.2. The van der Waals surface area contributed by atoms with E-state index < -0.39 is 41.5 Å². The summed E-state index contributed by atoms with van der Waals surface area (Å²) in [5, 5.41) is 8.30. The third kappa shape index (κ3) is 22.5. The molecule has 1 rings (SSSR count). The van der Waals surface area contributed by atoms with Gasteiger partial charge in [-0.15, -0.1) is 0 Å². The number of benzene rings is 1. The number of esters is 2. The van der Waals surface area contributed by atoms with Crippen LogP contribution in [0.25, 0.3) is 0 Å². The van der Waals surface area contributed by atoms with Crippen molar-refractivity contribution < 1.29 is 47.7 Å². The van der Waals surface area contributed by atoms with E-state index in [1.165, 1.54) is 4.90 Å². The zero-order valence-corrected chi connectivity index (χ0v) is 30.4. The maximum Gasteiger partial charge on any atom is 0.410 e. The maximum absolute atomic E-state index is 12.6. The lowest BCUT2D eigenvalue weighted by Gasteiger charge is -2.27. The number of nitrogens with zero attached hydrogens (tertiary/aromatic N) is 1. The van der Waals surface area contributed by atoms with Crippen LogP contribution in [0.2, 0.25) is 0 Å². The lowest BCUT2D eigenvalue weighted by Crippen LogP contribution is -2.45. The van der Waals surface area contributed by atoms with Crippen LogP contribution in [0, 0.1) is 0 Å². The Balaban J connectivity index is 0.00000101. The molecule has 1 aromatic rings. The zero-order chi connectivity index (χ0) is 36.8. The molecule has 3 N–H and O–H groups in total. The Hall–Kier alpha value is -4.07. The van der Waals surface area contributed by atoms with Crippen molar-refractivity contribution in [2.24, 2.45) is 0 Å². The van der Waals surface area contributed by atoms with Gasteiger partial charge < -0.3 is 39.6 Å². The smallest absolute Gasteiger partial charge is 0.410 e. The molecule has 0 heterocycles. The normalized spacial score (nSPS) is 12.2. The molecule has 0 radical (unpaired) electrons. The highest BCUT2D eigenvalue weighted by molar-refractivity contribution is 5.81. The number of carbonyl (C=O) groups excluding carboxylic acids is 5. The molecule has 14 heteroatoms. The predicted molar refractivity (Wildman–Crippen MR) is 181 cm³/mol. The van der Waals surface area contributed by atoms with Gasteiger partial charge in [0.1, 0.15) is 29.9 Å². The monoisotopic (exact) mass is 682 g/mol. The Labute approximate surface area is 285 Å². The molecule has 0 fully saturated rings. The summed E-state index contributed by atoms with van der Waals surface area (Å²) in [4.78, 5) is 60.3. The summed E-state index contributed by atoms with van der Waals surface area (Å²) < 4.78 is 25.5. The van der Waals surface area contributed by atoms with Crippen LogP contribution < -0.4 is 16.0 Å². The average Bonchev–Trinajstić information content (AvgIpc) is 2.98. The van der Waals surface area contributed by atoms with Gasteiger partial charge in [0.2, 0.25) is 0 Å². The highest BCUT2D eigenvalue weighted by atomic mass is 16.6. The minimum absolute atomic E-state index is 0.0991. The van der Waals surface area contributed by atoms with Crippen molar-refractivity contribution in [1.82, 2.24) is 20.9 Å². The van der Waals surface area contributed by atoms with Gasteiger partial charge in [-0.3, -0.25) is 9.69 Å². The molecule has 0 aliphatic heterocycles. The topological polar surface area (TPSA) is 171 Å². The fourth-order valence-electron chi connectivity index (χ4n) is 3.65. The molecule has 0 bridgehead atoms. The first-order valence-corrected chi connectivity index (χ1v) is 16.4. The van der Waals surface area contributed by atoms with E-state index in [9.17, 15) is 24.0 Å². The Morgan fingerprint density at radius 2 is 1.21 bits per heavy atom. The summed E-state index contributed by atoms with van der Waals surface area (Å²) in [5.74, 6) is -0.771. The standard InChI is InChI=1S/C21H32N2O6.C13H26N2O4/c1-6-27-18(24)16(2)23(14-10-13-22-19(25)29-21(3,4)5)20(26)28-15-17-11-8-7-9-12-17;1-6-18-11(16)10(2)14-8-7-9-15-12(17)19-13(3,4)5/h7-9,11-12,16H,6,10,13-15H2,1-5H3,(H,22,25);10,14H,6-9H2,1-5H3,(H,15,17). The number of hydrogen-bond donors (Lipinski definition) is 3. The number of nitrogens with one attached hydrogen (secondary N) is 3. The first kappa shape index (κ1) is 43.9. The van der Waals surface area contributed by atoms with E-state index in [1.807, 2.05) is 51.1 Å². The van der Waals surface area contributed by atoms with Gasteiger partial charge in [0.25, 0.3) is 0 Å². The van der Waals surface area contributed by atoms with Crippen LogP contribution in [0.15, 0.2) is 30.3 Å². The highest BCUT2D eigenvalue weighted by Crippen LogP contribution is 2.10. The van der Waals surface area contributed by atoms with Crippen LogP contribution in [-0.2, 0) is 39.9 Å². The third-order valence-electron chi connectivity index (χ3n) is 5.89.